The molecule has 1 heterocycles. The van der Waals surface area contributed by atoms with Crippen LogP contribution in [0.15, 0.2) is 12.1 Å². The number of rotatable bonds is 7. The molecule has 3 N–H and O–H groups in total. The van der Waals surface area contributed by atoms with E-state index in [2.05, 4.69) is 39.3 Å². The SMILES string of the molecule is CCC(c1cc(ONNC(=O)Nc2c3c(cc4c2CCC4)CCC3)nn1C)N(C)C. The zero-order valence-corrected chi connectivity index (χ0v) is 18.3. The summed E-state index contributed by atoms with van der Waals surface area (Å²) in [5, 5.41) is 7.43. The Labute approximate surface area is 177 Å². The van der Waals surface area contributed by atoms with Crippen LogP contribution in [0.3, 0.4) is 0 Å². The number of carbonyl (C=O) groups is 1. The van der Waals surface area contributed by atoms with Crippen molar-refractivity contribution < 1.29 is 9.63 Å². The molecule has 2 aliphatic carbocycles. The van der Waals surface area contributed by atoms with E-state index in [-0.39, 0.29) is 12.1 Å². The summed E-state index contributed by atoms with van der Waals surface area (Å²) in [4.78, 5) is 20.1. The van der Waals surface area contributed by atoms with E-state index in [9.17, 15) is 4.79 Å². The van der Waals surface area contributed by atoms with Crippen LogP contribution in [0.2, 0.25) is 0 Å². The fourth-order valence-electron chi connectivity index (χ4n) is 4.89. The van der Waals surface area contributed by atoms with Crippen molar-refractivity contribution in [3.8, 4) is 5.88 Å². The first-order chi connectivity index (χ1) is 14.5. The Morgan fingerprint density at radius 1 is 1.17 bits per heavy atom. The standard InChI is InChI=1S/C22H32N6O2/c1-5-18(27(2)3)19-13-20(25-28(19)4)30-26-24-22(29)23-21-16-10-6-8-14(16)12-15-9-7-11-17(15)21/h12-13,18,26H,5-11H2,1-4H3,(H2,23,24,29). The third-order valence-electron chi connectivity index (χ3n) is 6.28. The van der Waals surface area contributed by atoms with Gasteiger partial charge in [-0.2, -0.15) is 0 Å². The molecule has 2 aromatic rings. The minimum Gasteiger partial charge on any atom is -0.367 e. The summed E-state index contributed by atoms with van der Waals surface area (Å²) < 4.78 is 1.81. The van der Waals surface area contributed by atoms with Crippen molar-refractivity contribution in [1.82, 2.24) is 25.7 Å². The van der Waals surface area contributed by atoms with Gasteiger partial charge in [-0.15, -0.1) is 5.10 Å². The van der Waals surface area contributed by atoms with Crippen molar-refractivity contribution in [1.29, 1.82) is 0 Å². The zero-order chi connectivity index (χ0) is 21.3. The summed E-state index contributed by atoms with van der Waals surface area (Å²) in [5.41, 5.74) is 12.6. The van der Waals surface area contributed by atoms with Crippen LogP contribution in [-0.4, -0.2) is 34.8 Å². The van der Waals surface area contributed by atoms with E-state index in [1.807, 2.05) is 31.9 Å². The number of aromatic nitrogens is 2. The molecule has 1 aromatic heterocycles. The molecule has 1 atom stereocenters. The predicted molar refractivity (Wildman–Crippen MR) is 116 cm³/mol. The van der Waals surface area contributed by atoms with E-state index >= 15 is 0 Å². The van der Waals surface area contributed by atoms with Gasteiger partial charge in [-0.1, -0.05) is 18.6 Å². The van der Waals surface area contributed by atoms with E-state index in [0.29, 0.717) is 5.88 Å². The number of anilines is 1. The largest absolute Gasteiger partial charge is 0.367 e. The van der Waals surface area contributed by atoms with Crippen LogP contribution in [0.1, 0.15) is 60.2 Å². The Kier molecular flexibility index (Phi) is 5.97. The van der Waals surface area contributed by atoms with Gasteiger partial charge in [0.2, 0.25) is 0 Å². The highest BCUT2D eigenvalue weighted by Gasteiger charge is 2.25. The summed E-state index contributed by atoms with van der Waals surface area (Å²) in [6, 6.07) is 4.15. The van der Waals surface area contributed by atoms with Gasteiger partial charge in [-0.25, -0.2) is 10.2 Å². The topological polar surface area (TPSA) is 83.5 Å². The number of hydrogen-bond acceptors (Lipinski definition) is 5. The zero-order valence-electron chi connectivity index (χ0n) is 18.3. The molecule has 30 heavy (non-hydrogen) atoms. The molecule has 0 saturated heterocycles. The predicted octanol–water partition coefficient (Wildman–Crippen LogP) is 3.03. The minimum absolute atomic E-state index is 0.248. The van der Waals surface area contributed by atoms with Crippen LogP contribution in [0.4, 0.5) is 10.5 Å². The first-order valence-electron chi connectivity index (χ1n) is 10.8. The monoisotopic (exact) mass is 412 g/mol. The fourth-order valence-corrected chi connectivity index (χ4v) is 4.89. The first kappa shape index (κ1) is 20.7. The molecule has 0 bridgehead atoms. The maximum absolute atomic E-state index is 12.5. The van der Waals surface area contributed by atoms with Gasteiger partial charge < -0.3 is 15.1 Å². The summed E-state index contributed by atoms with van der Waals surface area (Å²) in [5.74, 6) is 0.412. The van der Waals surface area contributed by atoms with Gasteiger partial charge in [0.1, 0.15) is 0 Å². The average Bonchev–Trinajstić information content (AvgIpc) is 3.42. The molecule has 162 valence electrons. The maximum atomic E-state index is 12.5. The summed E-state index contributed by atoms with van der Waals surface area (Å²) in [6.45, 7) is 2.14. The molecule has 2 amide bonds. The highest BCUT2D eigenvalue weighted by molar-refractivity contribution is 5.91. The molecule has 4 rings (SSSR count). The molecule has 1 unspecified atom stereocenters. The summed E-state index contributed by atoms with van der Waals surface area (Å²) in [6.07, 6.45) is 7.55. The van der Waals surface area contributed by atoms with Crippen molar-refractivity contribution in [3.05, 3.63) is 40.1 Å². The number of urea groups is 1. The molecular weight excluding hydrogens is 380 g/mol. The normalized spacial score (nSPS) is 15.8. The number of nitrogens with zero attached hydrogens (tertiary/aromatic N) is 3. The Bertz CT molecular complexity index is 904. The van der Waals surface area contributed by atoms with Gasteiger partial charge in [0.25, 0.3) is 5.88 Å². The molecule has 0 fully saturated rings. The molecule has 0 saturated carbocycles. The van der Waals surface area contributed by atoms with Gasteiger partial charge in [0.15, 0.2) is 0 Å². The average molecular weight is 413 g/mol. The number of hydrogen-bond donors (Lipinski definition) is 3. The van der Waals surface area contributed by atoms with E-state index < -0.39 is 0 Å². The van der Waals surface area contributed by atoms with Crippen LogP contribution in [0.25, 0.3) is 0 Å². The fraction of sp³-hybridized carbons (Fsp3) is 0.545. The lowest BCUT2D eigenvalue weighted by atomic mass is 9.99. The number of amides is 2. The molecular formula is C22H32N6O2. The van der Waals surface area contributed by atoms with Gasteiger partial charge in [0.05, 0.1) is 11.7 Å². The Morgan fingerprint density at radius 3 is 2.43 bits per heavy atom. The van der Waals surface area contributed by atoms with E-state index in [1.54, 1.807) is 0 Å². The minimum atomic E-state index is -0.333. The summed E-state index contributed by atoms with van der Waals surface area (Å²) in [7, 11) is 5.98. The second-order valence-electron chi connectivity index (χ2n) is 8.44. The van der Waals surface area contributed by atoms with E-state index in [4.69, 9.17) is 4.84 Å². The molecule has 1 aromatic carbocycles. The van der Waals surface area contributed by atoms with Gasteiger partial charge in [-0.3, -0.25) is 4.68 Å². The Hall–Kier alpha value is -2.58. The lowest BCUT2D eigenvalue weighted by Crippen LogP contribution is -2.42. The maximum Gasteiger partial charge on any atom is 0.336 e. The van der Waals surface area contributed by atoms with Gasteiger partial charge >= 0.3 is 6.03 Å². The highest BCUT2D eigenvalue weighted by atomic mass is 16.7. The quantitative estimate of drug-likeness (QED) is 0.609. The van der Waals surface area contributed by atoms with Crippen LogP contribution in [-0.2, 0) is 32.7 Å². The third kappa shape index (κ3) is 4.02. The first-order valence-corrected chi connectivity index (χ1v) is 10.8. The lowest BCUT2D eigenvalue weighted by Gasteiger charge is -2.22. The molecule has 0 aliphatic heterocycles. The Morgan fingerprint density at radius 2 is 1.83 bits per heavy atom. The molecule has 2 aliphatic rings. The molecule has 0 radical (unpaired) electrons. The van der Waals surface area contributed by atoms with Crippen molar-refractivity contribution >= 4 is 11.7 Å². The van der Waals surface area contributed by atoms with E-state index in [0.717, 1.165) is 56.3 Å². The smallest absolute Gasteiger partial charge is 0.336 e. The van der Waals surface area contributed by atoms with Crippen LogP contribution in [0.5, 0.6) is 5.88 Å². The summed E-state index contributed by atoms with van der Waals surface area (Å²) >= 11 is 0. The van der Waals surface area contributed by atoms with Crippen molar-refractivity contribution in [3.63, 3.8) is 0 Å². The molecule has 8 nitrogen and oxygen atoms in total. The highest BCUT2D eigenvalue weighted by Crippen LogP contribution is 2.38. The number of fused-ring (bicyclic) bond motifs is 2. The van der Waals surface area contributed by atoms with Gasteiger partial charge in [0, 0.05) is 18.8 Å². The van der Waals surface area contributed by atoms with Crippen LogP contribution < -0.4 is 21.2 Å². The van der Waals surface area contributed by atoms with Gasteiger partial charge in [-0.05, 0) is 81.3 Å². The number of aryl methyl sites for hydroxylation is 3. The van der Waals surface area contributed by atoms with Crippen LogP contribution in [0, 0.1) is 0 Å². The molecule has 0 spiro atoms. The number of benzene rings is 1. The van der Waals surface area contributed by atoms with E-state index in [1.165, 1.54) is 22.3 Å². The van der Waals surface area contributed by atoms with Crippen LogP contribution >= 0.6 is 0 Å². The lowest BCUT2D eigenvalue weighted by molar-refractivity contribution is 0.148. The van der Waals surface area contributed by atoms with Crippen molar-refractivity contribution in [2.75, 3.05) is 19.4 Å². The number of hydrazine groups is 1. The third-order valence-corrected chi connectivity index (χ3v) is 6.28. The van der Waals surface area contributed by atoms with Crippen molar-refractivity contribution in [2.24, 2.45) is 7.05 Å². The number of nitrogens with one attached hydrogen (secondary N) is 3. The second kappa shape index (κ2) is 8.65. The molecule has 8 heteroatoms. The number of carbonyl (C=O) groups excluding carboxylic acids is 1. The second-order valence-corrected chi connectivity index (χ2v) is 8.44. The Balaban J connectivity index is 1.37. The van der Waals surface area contributed by atoms with Crippen molar-refractivity contribution in [2.45, 2.75) is 57.9 Å².